The van der Waals surface area contributed by atoms with Crippen LogP contribution in [0.15, 0.2) is 36.4 Å². The molecular formula is C23H29N3O6S. The molecule has 9 nitrogen and oxygen atoms in total. The second-order valence-corrected chi connectivity index (χ2v) is 6.84. The molecule has 2 aromatic rings. The van der Waals surface area contributed by atoms with Crippen LogP contribution in [-0.2, 0) is 4.74 Å². The van der Waals surface area contributed by atoms with Gasteiger partial charge in [0.1, 0.15) is 0 Å². The fraction of sp³-hybridized carbons (Fsp3) is 0.348. The zero-order chi connectivity index (χ0) is 24.2. The first-order valence-electron chi connectivity index (χ1n) is 10.6. The van der Waals surface area contributed by atoms with Gasteiger partial charge in [0, 0.05) is 11.3 Å². The molecule has 0 fully saturated rings. The summed E-state index contributed by atoms with van der Waals surface area (Å²) in [5.41, 5.74) is 6.55. The number of nitrogens with one attached hydrogen (secondary N) is 3. The van der Waals surface area contributed by atoms with Crippen LogP contribution in [0, 0.1) is 0 Å². The molecule has 0 aliphatic heterocycles. The molecule has 3 N–H and O–H groups in total. The molecule has 0 saturated heterocycles. The van der Waals surface area contributed by atoms with Gasteiger partial charge in [-0.1, -0.05) is 0 Å². The minimum atomic E-state index is -0.443. The maximum atomic E-state index is 12.7. The van der Waals surface area contributed by atoms with Gasteiger partial charge < -0.3 is 24.3 Å². The maximum Gasteiger partial charge on any atom is 0.338 e. The molecule has 10 heteroatoms. The number of anilines is 1. The fourth-order valence-electron chi connectivity index (χ4n) is 2.77. The number of hydrazine groups is 1. The Morgan fingerprint density at radius 1 is 0.788 bits per heavy atom. The van der Waals surface area contributed by atoms with Crippen molar-refractivity contribution in [1.82, 2.24) is 10.9 Å². The fourth-order valence-corrected chi connectivity index (χ4v) is 2.94. The number of rotatable bonds is 10. The van der Waals surface area contributed by atoms with E-state index in [2.05, 4.69) is 16.2 Å². The Kier molecular flexibility index (Phi) is 10.2. The number of esters is 1. The van der Waals surface area contributed by atoms with Crippen LogP contribution in [0.1, 0.15) is 48.4 Å². The average Bonchev–Trinajstić information content (AvgIpc) is 2.80. The van der Waals surface area contributed by atoms with Gasteiger partial charge in [-0.15, -0.1) is 0 Å². The molecule has 0 spiro atoms. The molecule has 0 radical (unpaired) electrons. The lowest BCUT2D eigenvalue weighted by molar-refractivity contribution is 0.0526. The summed E-state index contributed by atoms with van der Waals surface area (Å²) in [5, 5.41) is 3.08. The Labute approximate surface area is 198 Å². The summed E-state index contributed by atoms with van der Waals surface area (Å²) in [7, 11) is 0. The summed E-state index contributed by atoms with van der Waals surface area (Å²) < 4.78 is 21.9. The number of hydrogen-bond donors (Lipinski definition) is 3. The average molecular weight is 476 g/mol. The zero-order valence-electron chi connectivity index (χ0n) is 19.2. The Bertz CT molecular complexity index is 938. The van der Waals surface area contributed by atoms with Crippen LogP contribution >= 0.6 is 12.2 Å². The third kappa shape index (κ3) is 7.53. The van der Waals surface area contributed by atoms with Crippen LogP contribution < -0.4 is 30.4 Å². The summed E-state index contributed by atoms with van der Waals surface area (Å²) in [6.45, 7) is 8.81. The van der Waals surface area contributed by atoms with Crippen molar-refractivity contribution in [3.63, 3.8) is 0 Å². The van der Waals surface area contributed by atoms with Gasteiger partial charge in [0.25, 0.3) is 5.91 Å². The molecule has 0 aliphatic rings. The van der Waals surface area contributed by atoms with Crippen LogP contribution in [0.3, 0.4) is 0 Å². The normalized spacial score (nSPS) is 10.1. The van der Waals surface area contributed by atoms with E-state index in [9.17, 15) is 9.59 Å². The Balaban J connectivity index is 2.04. The molecule has 0 aliphatic carbocycles. The minimum Gasteiger partial charge on any atom is -0.490 e. The zero-order valence-corrected chi connectivity index (χ0v) is 20.0. The van der Waals surface area contributed by atoms with Crippen LogP contribution in [0.2, 0.25) is 0 Å². The number of carbonyl (C=O) groups is 2. The lowest BCUT2D eigenvalue weighted by Gasteiger charge is -2.17. The van der Waals surface area contributed by atoms with Crippen molar-refractivity contribution in [3.8, 4) is 17.2 Å². The van der Waals surface area contributed by atoms with Crippen LogP contribution in [0.5, 0.6) is 17.2 Å². The highest BCUT2D eigenvalue weighted by Gasteiger charge is 2.18. The largest absolute Gasteiger partial charge is 0.490 e. The molecule has 2 rings (SSSR count). The summed E-state index contributed by atoms with van der Waals surface area (Å²) >= 11 is 5.22. The van der Waals surface area contributed by atoms with Crippen LogP contribution in [-0.4, -0.2) is 43.4 Å². The highest BCUT2D eigenvalue weighted by Crippen LogP contribution is 2.39. The van der Waals surface area contributed by atoms with Crippen molar-refractivity contribution in [3.05, 3.63) is 47.5 Å². The van der Waals surface area contributed by atoms with Gasteiger partial charge in [-0.25, -0.2) is 4.79 Å². The molecule has 178 valence electrons. The number of benzene rings is 2. The highest BCUT2D eigenvalue weighted by atomic mass is 32.1. The van der Waals surface area contributed by atoms with E-state index < -0.39 is 11.9 Å². The Morgan fingerprint density at radius 2 is 1.36 bits per heavy atom. The Hall–Kier alpha value is -3.53. The first kappa shape index (κ1) is 25.7. The number of thiocarbonyl (C=S) groups is 1. The minimum absolute atomic E-state index is 0.160. The van der Waals surface area contributed by atoms with Gasteiger partial charge >= 0.3 is 5.97 Å². The molecular weight excluding hydrogens is 446 g/mol. The lowest BCUT2D eigenvalue weighted by atomic mass is 10.1. The van der Waals surface area contributed by atoms with Crippen molar-refractivity contribution in [2.24, 2.45) is 0 Å². The van der Waals surface area contributed by atoms with Crippen LogP contribution in [0.4, 0.5) is 5.69 Å². The van der Waals surface area contributed by atoms with Gasteiger partial charge in [-0.2, -0.15) is 0 Å². The van der Waals surface area contributed by atoms with E-state index in [0.717, 1.165) is 0 Å². The SMILES string of the molecule is CCOC(=O)c1ccc(NC(=S)NNC(=O)c2cc(OCC)c(OCC)c(OCC)c2)cc1. The second-order valence-electron chi connectivity index (χ2n) is 6.43. The van der Waals surface area contributed by atoms with Crippen molar-refractivity contribution in [1.29, 1.82) is 0 Å². The van der Waals surface area contributed by atoms with E-state index in [-0.39, 0.29) is 5.11 Å². The molecule has 1 amide bonds. The van der Waals surface area contributed by atoms with E-state index >= 15 is 0 Å². The van der Waals surface area contributed by atoms with Gasteiger partial charge in [0.15, 0.2) is 16.6 Å². The standard InChI is InChI=1S/C23H29N3O6S/c1-5-29-18-13-16(14-19(30-6-2)20(18)31-7-3)21(27)25-26-23(33)24-17-11-9-15(10-12-17)22(28)32-8-4/h9-14H,5-8H2,1-4H3,(H,25,27)(H2,24,26,33). The molecule has 0 bridgehead atoms. The summed E-state index contributed by atoms with van der Waals surface area (Å²) in [5.74, 6) is 0.442. The molecule has 0 atom stereocenters. The third-order valence-corrected chi connectivity index (χ3v) is 4.32. The number of carbonyl (C=O) groups excluding carboxylic acids is 2. The van der Waals surface area contributed by atoms with E-state index in [1.54, 1.807) is 43.3 Å². The molecule has 0 saturated carbocycles. The van der Waals surface area contributed by atoms with Crippen molar-refractivity contribution in [2.75, 3.05) is 31.7 Å². The van der Waals surface area contributed by atoms with E-state index in [1.165, 1.54) is 0 Å². The summed E-state index contributed by atoms with van der Waals surface area (Å²) in [6, 6.07) is 9.75. The second kappa shape index (κ2) is 13.1. The van der Waals surface area contributed by atoms with Crippen molar-refractivity contribution >= 4 is 34.9 Å². The lowest BCUT2D eigenvalue weighted by Crippen LogP contribution is -2.43. The molecule has 0 aromatic heterocycles. The van der Waals surface area contributed by atoms with Gasteiger partial charge in [-0.05, 0) is 76.3 Å². The number of hydrogen-bond acceptors (Lipinski definition) is 7. The molecule has 0 heterocycles. The maximum absolute atomic E-state index is 12.7. The first-order valence-corrected chi connectivity index (χ1v) is 11.0. The Morgan fingerprint density at radius 3 is 1.88 bits per heavy atom. The van der Waals surface area contributed by atoms with Crippen molar-refractivity contribution < 1.29 is 28.5 Å². The van der Waals surface area contributed by atoms with E-state index in [1.807, 2.05) is 20.8 Å². The summed E-state index contributed by atoms with van der Waals surface area (Å²) in [6.07, 6.45) is 0. The molecule has 2 aromatic carbocycles. The predicted octanol–water partition coefficient (Wildman–Crippen LogP) is 3.69. The monoisotopic (exact) mass is 475 g/mol. The topological polar surface area (TPSA) is 107 Å². The molecule has 0 unspecified atom stereocenters. The van der Waals surface area contributed by atoms with E-state index in [0.29, 0.717) is 60.5 Å². The predicted molar refractivity (Wildman–Crippen MR) is 129 cm³/mol. The van der Waals surface area contributed by atoms with Gasteiger partial charge in [0.2, 0.25) is 5.75 Å². The summed E-state index contributed by atoms with van der Waals surface area (Å²) in [4.78, 5) is 24.4. The van der Waals surface area contributed by atoms with Crippen molar-refractivity contribution in [2.45, 2.75) is 27.7 Å². The van der Waals surface area contributed by atoms with Crippen LogP contribution in [0.25, 0.3) is 0 Å². The third-order valence-electron chi connectivity index (χ3n) is 4.11. The smallest absolute Gasteiger partial charge is 0.338 e. The quantitative estimate of drug-likeness (QED) is 0.269. The number of amides is 1. The highest BCUT2D eigenvalue weighted by molar-refractivity contribution is 7.80. The van der Waals surface area contributed by atoms with E-state index in [4.69, 9.17) is 31.2 Å². The number of ether oxygens (including phenoxy) is 4. The molecule has 33 heavy (non-hydrogen) atoms. The first-order chi connectivity index (χ1) is 15.9. The van der Waals surface area contributed by atoms with Gasteiger partial charge in [0.05, 0.1) is 32.0 Å². The van der Waals surface area contributed by atoms with Gasteiger partial charge in [-0.3, -0.25) is 15.6 Å².